The maximum Gasteiger partial charge on any atom is 0.219 e. The van der Waals surface area contributed by atoms with Crippen molar-refractivity contribution in [1.82, 2.24) is 4.31 Å². The van der Waals surface area contributed by atoms with Crippen LogP contribution in [0.2, 0.25) is 18.1 Å². The number of sulfonamides is 1. The predicted octanol–water partition coefficient (Wildman–Crippen LogP) is 5.51. The van der Waals surface area contributed by atoms with Gasteiger partial charge in [0.15, 0.2) is 0 Å². The van der Waals surface area contributed by atoms with E-state index < -0.39 is 22.5 Å². The van der Waals surface area contributed by atoms with Crippen molar-refractivity contribution in [3.05, 3.63) is 35.9 Å². The van der Waals surface area contributed by atoms with Crippen molar-refractivity contribution in [3.8, 4) is 0 Å². The quantitative estimate of drug-likeness (QED) is 0.635. The van der Waals surface area contributed by atoms with Gasteiger partial charge in [0.25, 0.3) is 0 Å². The molecule has 0 amide bonds. The average Bonchev–Trinajstić information content (AvgIpc) is 2.58. The highest BCUT2D eigenvalue weighted by atomic mass is 32.2. The van der Waals surface area contributed by atoms with Crippen molar-refractivity contribution in [2.24, 2.45) is 0 Å². The van der Waals surface area contributed by atoms with Crippen molar-refractivity contribution in [2.75, 3.05) is 0 Å². The summed E-state index contributed by atoms with van der Waals surface area (Å²) in [4.78, 5) is 0. The summed E-state index contributed by atoms with van der Waals surface area (Å²) in [6, 6.07) is 10.5. The molecule has 5 heteroatoms. The molecule has 1 aromatic carbocycles. The van der Waals surface area contributed by atoms with Crippen LogP contribution < -0.4 is 0 Å². The lowest BCUT2D eigenvalue weighted by molar-refractivity contribution is 0.143. The lowest BCUT2D eigenvalue weighted by atomic mass is 9.92. The molecule has 0 radical (unpaired) electrons. The van der Waals surface area contributed by atoms with Gasteiger partial charge in [-0.25, -0.2) is 8.42 Å². The minimum absolute atomic E-state index is 0.0144. The molecule has 0 unspecified atom stereocenters. The molecule has 2 aliphatic rings. The van der Waals surface area contributed by atoms with Crippen LogP contribution in [-0.4, -0.2) is 31.2 Å². The molecule has 26 heavy (non-hydrogen) atoms. The van der Waals surface area contributed by atoms with Crippen LogP contribution in [0.25, 0.3) is 0 Å². The second-order valence-corrected chi connectivity index (χ2v) is 18.3. The third kappa shape index (κ3) is 2.65. The van der Waals surface area contributed by atoms with Gasteiger partial charge in [-0.15, -0.1) is 0 Å². The number of hydrogen-bond acceptors (Lipinski definition) is 2. The van der Waals surface area contributed by atoms with E-state index in [9.17, 15) is 8.42 Å². The Kier molecular flexibility index (Phi) is 4.99. The van der Waals surface area contributed by atoms with Gasteiger partial charge in [-0.05, 0) is 30.4 Å². The number of rotatable bonds is 3. The standard InChI is InChI=1S/C21H35NO2SSi/c1-20(2,3)26(5,6)21(4)19(17-13-9-7-10-14-17)22(25(21,23)24)18-15-11-8-12-16-18/h7,9-10,13-14,18-19H,8,11-12,15-16H2,1-6H3/t19-,21-/m1/s1. The molecule has 0 spiro atoms. The number of nitrogens with zero attached hydrogens (tertiary/aromatic N) is 1. The van der Waals surface area contributed by atoms with E-state index in [-0.39, 0.29) is 17.1 Å². The summed E-state index contributed by atoms with van der Waals surface area (Å²) in [5, 5.41) is 0.0144. The van der Waals surface area contributed by atoms with Gasteiger partial charge in [-0.2, -0.15) is 4.31 Å². The van der Waals surface area contributed by atoms with Gasteiger partial charge in [0, 0.05) is 6.04 Å². The van der Waals surface area contributed by atoms with Crippen LogP contribution in [0.1, 0.15) is 71.4 Å². The molecule has 0 bridgehead atoms. The second-order valence-electron chi connectivity index (χ2n) is 9.92. The third-order valence-corrected chi connectivity index (χ3v) is 18.9. The molecular formula is C21H35NO2SSi. The molecule has 1 aliphatic carbocycles. The Morgan fingerprint density at radius 2 is 1.58 bits per heavy atom. The first kappa shape index (κ1) is 20.1. The summed E-state index contributed by atoms with van der Waals surface area (Å²) < 4.78 is 28.9. The van der Waals surface area contributed by atoms with Crippen LogP contribution in [0, 0.1) is 0 Å². The molecule has 3 nitrogen and oxygen atoms in total. The smallest absolute Gasteiger partial charge is 0.212 e. The lowest BCUT2D eigenvalue weighted by Gasteiger charge is -2.65. The van der Waals surface area contributed by atoms with Gasteiger partial charge < -0.3 is 0 Å². The Morgan fingerprint density at radius 3 is 2.08 bits per heavy atom. The Labute approximate surface area is 161 Å². The molecule has 2 fully saturated rings. The summed E-state index contributed by atoms with van der Waals surface area (Å²) in [6.45, 7) is 13.3. The number of benzene rings is 1. The predicted molar refractivity (Wildman–Crippen MR) is 112 cm³/mol. The summed E-state index contributed by atoms with van der Waals surface area (Å²) in [6.07, 6.45) is 5.55. The molecule has 0 N–H and O–H groups in total. The Bertz CT molecular complexity index is 748. The van der Waals surface area contributed by atoms with E-state index in [0.717, 1.165) is 25.7 Å². The van der Waals surface area contributed by atoms with E-state index in [0.29, 0.717) is 0 Å². The molecule has 0 aromatic heterocycles. The van der Waals surface area contributed by atoms with E-state index in [2.05, 4.69) is 52.9 Å². The highest BCUT2D eigenvalue weighted by Crippen LogP contribution is 2.61. The SMILES string of the molecule is CC(C)(C)[Si](C)(C)[C@]1(C)[C@@H](c2ccccc2)N(C2CCCCC2)S1(=O)=O. The first-order valence-electron chi connectivity index (χ1n) is 10.0. The zero-order valence-corrected chi connectivity index (χ0v) is 19.1. The summed E-state index contributed by atoms with van der Waals surface area (Å²) in [5.74, 6) is 0. The maximum absolute atomic E-state index is 13.8. The zero-order valence-electron chi connectivity index (χ0n) is 17.2. The summed E-state index contributed by atoms with van der Waals surface area (Å²) in [7, 11) is -5.47. The summed E-state index contributed by atoms with van der Waals surface area (Å²) in [5.41, 5.74) is 1.17. The van der Waals surface area contributed by atoms with Crippen LogP contribution in [0.15, 0.2) is 30.3 Å². The largest absolute Gasteiger partial charge is 0.219 e. The lowest BCUT2D eigenvalue weighted by Crippen LogP contribution is -2.79. The van der Waals surface area contributed by atoms with E-state index in [1.807, 2.05) is 22.5 Å². The average molecular weight is 394 g/mol. The molecule has 2 atom stereocenters. The van der Waals surface area contributed by atoms with Crippen LogP contribution in [0.4, 0.5) is 0 Å². The van der Waals surface area contributed by atoms with Crippen molar-refractivity contribution < 1.29 is 8.42 Å². The van der Waals surface area contributed by atoms with Gasteiger partial charge in [0.1, 0.15) is 0 Å². The Hall–Kier alpha value is -0.653. The molecule has 3 rings (SSSR count). The zero-order chi connectivity index (χ0) is 19.4. The third-order valence-electron chi connectivity index (χ3n) is 7.76. The van der Waals surface area contributed by atoms with Gasteiger partial charge in [0.05, 0.1) is 18.5 Å². The highest BCUT2D eigenvalue weighted by Gasteiger charge is 2.73. The molecule has 1 saturated heterocycles. The first-order chi connectivity index (χ1) is 12.0. The summed E-state index contributed by atoms with van der Waals surface area (Å²) >= 11 is 0. The molecule has 146 valence electrons. The first-order valence-corrected chi connectivity index (χ1v) is 14.5. The minimum Gasteiger partial charge on any atom is -0.212 e. The normalized spacial score (nSPS) is 30.8. The molecule has 1 heterocycles. The second kappa shape index (κ2) is 6.45. The minimum atomic E-state index is -3.31. The highest BCUT2D eigenvalue weighted by molar-refractivity contribution is 7.94. The van der Waals surface area contributed by atoms with Gasteiger partial charge >= 0.3 is 0 Å². The van der Waals surface area contributed by atoms with E-state index in [1.165, 1.54) is 12.0 Å². The topological polar surface area (TPSA) is 37.4 Å². The Morgan fingerprint density at radius 1 is 1.04 bits per heavy atom. The molecule has 1 aromatic rings. The van der Waals surface area contributed by atoms with Crippen molar-refractivity contribution in [2.45, 2.75) is 94.4 Å². The molecule has 1 saturated carbocycles. The van der Waals surface area contributed by atoms with Gasteiger partial charge in [0.2, 0.25) is 10.0 Å². The van der Waals surface area contributed by atoms with Crippen LogP contribution >= 0.6 is 0 Å². The van der Waals surface area contributed by atoms with Crippen molar-refractivity contribution in [3.63, 3.8) is 0 Å². The van der Waals surface area contributed by atoms with Crippen LogP contribution in [0.3, 0.4) is 0 Å². The van der Waals surface area contributed by atoms with E-state index in [4.69, 9.17) is 0 Å². The fraction of sp³-hybridized carbons (Fsp3) is 0.714. The van der Waals surface area contributed by atoms with Crippen LogP contribution in [-0.2, 0) is 10.0 Å². The molecule has 1 aliphatic heterocycles. The van der Waals surface area contributed by atoms with Crippen LogP contribution in [0.5, 0.6) is 0 Å². The monoisotopic (exact) mass is 393 g/mol. The fourth-order valence-corrected chi connectivity index (χ4v) is 13.4. The van der Waals surface area contributed by atoms with Crippen molar-refractivity contribution >= 4 is 18.1 Å². The van der Waals surface area contributed by atoms with Crippen molar-refractivity contribution in [1.29, 1.82) is 0 Å². The maximum atomic E-state index is 13.8. The van der Waals surface area contributed by atoms with E-state index >= 15 is 0 Å². The Balaban J connectivity index is 2.14. The van der Waals surface area contributed by atoms with Gasteiger partial charge in [-0.1, -0.05) is 83.5 Å². The molecular weight excluding hydrogens is 358 g/mol. The number of hydrogen-bond donors (Lipinski definition) is 0. The van der Waals surface area contributed by atoms with E-state index in [1.54, 1.807) is 0 Å². The van der Waals surface area contributed by atoms with Gasteiger partial charge in [-0.3, -0.25) is 0 Å². The fourth-order valence-electron chi connectivity index (χ4n) is 4.94.